The Hall–Kier alpha value is -1.80. The van der Waals surface area contributed by atoms with Crippen molar-refractivity contribution in [2.24, 2.45) is 5.84 Å². The van der Waals surface area contributed by atoms with E-state index in [0.29, 0.717) is 22.2 Å². The van der Waals surface area contributed by atoms with Crippen LogP contribution in [0, 0.1) is 6.92 Å². The quantitative estimate of drug-likeness (QED) is 0.318. The molecule has 90 valence electrons. The van der Waals surface area contributed by atoms with Gasteiger partial charge in [0.15, 0.2) is 0 Å². The number of hydrogen-bond donors (Lipinski definition) is 3. The van der Waals surface area contributed by atoms with E-state index in [2.05, 4.69) is 20.6 Å². The second-order valence-corrected chi connectivity index (χ2v) is 4.17. The summed E-state index contributed by atoms with van der Waals surface area (Å²) in [6.45, 7) is 1.82. The molecule has 7 nitrogen and oxygen atoms in total. The lowest BCUT2D eigenvalue weighted by Gasteiger charge is -1.99. The molecule has 0 bridgehead atoms. The van der Waals surface area contributed by atoms with E-state index in [1.807, 2.05) is 6.92 Å². The molecule has 2 heterocycles. The maximum absolute atomic E-state index is 11.4. The average Bonchev–Trinajstić information content (AvgIpc) is 2.94. The first-order valence-electron chi connectivity index (χ1n) is 4.80. The van der Waals surface area contributed by atoms with E-state index in [4.69, 9.17) is 10.3 Å². The first-order valence-corrected chi connectivity index (χ1v) is 5.78. The van der Waals surface area contributed by atoms with Crippen LogP contribution in [-0.4, -0.2) is 21.1 Å². The summed E-state index contributed by atoms with van der Waals surface area (Å²) in [5.41, 5.74) is 2.49. The van der Waals surface area contributed by atoms with Gasteiger partial charge in [-0.2, -0.15) is 0 Å². The van der Waals surface area contributed by atoms with Crippen molar-refractivity contribution in [3.05, 3.63) is 29.5 Å². The number of carbonyl (C=O) groups excluding carboxylic acids is 1. The van der Waals surface area contributed by atoms with Crippen LogP contribution in [0.4, 0.5) is 0 Å². The van der Waals surface area contributed by atoms with Gasteiger partial charge >= 0.3 is 0 Å². The van der Waals surface area contributed by atoms with Gasteiger partial charge in [0.2, 0.25) is 5.16 Å². The molecule has 0 aliphatic heterocycles. The molecule has 0 spiro atoms. The number of nitrogens with one attached hydrogen (secondary N) is 2. The molecule has 0 radical (unpaired) electrons. The Morgan fingerprint density at radius 2 is 2.53 bits per heavy atom. The summed E-state index contributed by atoms with van der Waals surface area (Å²) in [4.78, 5) is 15.5. The lowest BCUT2D eigenvalue weighted by Crippen LogP contribution is -2.30. The highest BCUT2D eigenvalue weighted by atomic mass is 32.2. The summed E-state index contributed by atoms with van der Waals surface area (Å²) >= 11 is 1.37. The Bertz CT molecular complexity index is 521. The second kappa shape index (κ2) is 5.02. The van der Waals surface area contributed by atoms with E-state index in [0.717, 1.165) is 5.82 Å². The van der Waals surface area contributed by atoms with E-state index >= 15 is 0 Å². The van der Waals surface area contributed by atoms with Crippen molar-refractivity contribution in [2.75, 3.05) is 0 Å². The third kappa shape index (κ3) is 2.66. The van der Waals surface area contributed by atoms with Gasteiger partial charge in [-0.1, -0.05) is 11.8 Å². The van der Waals surface area contributed by atoms with E-state index in [1.54, 1.807) is 6.07 Å². The topological polar surface area (TPSA) is 110 Å². The Morgan fingerprint density at radius 1 is 1.71 bits per heavy atom. The molecule has 0 aromatic carbocycles. The summed E-state index contributed by atoms with van der Waals surface area (Å²) in [5.74, 6) is 6.44. The molecule has 2 rings (SSSR count). The predicted octanol–water partition coefficient (Wildman–Crippen LogP) is 0.602. The van der Waals surface area contributed by atoms with Crippen LogP contribution < -0.4 is 11.3 Å². The Labute approximate surface area is 101 Å². The number of rotatable bonds is 4. The number of thioether (sulfide) groups is 1. The number of furan rings is 1. The monoisotopic (exact) mass is 253 g/mol. The summed E-state index contributed by atoms with van der Waals surface area (Å²) in [7, 11) is 0. The number of amides is 1. The maximum Gasteiger partial charge on any atom is 0.268 e. The number of nitrogen functional groups attached to an aromatic ring is 1. The first kappa shape index (κ1) is 11.7. The molecule has 4 N–H and O–H groups in total. The summed E-state index contributed by atoms with van der Waals surface area (Å²) < 4.78 is 5.21. The van der Waals surface area contributed by atoms with Gasteiger partial charge < -0.3 is 4.42 Å². The largest absolute Gasteiger partial charge is 0.468 e. The van der Waals surface area contributed by atoms with Gasteiger partial charge in [-0.05, 0) is 13.0 Å². The average molecular weight is 253 g/mol. The molecule has 2 aromatic rings. The third-order valence-corrected chi connectivity index (χ3v) is 2.88. The molecule has 1 amide bonds. The number of hydrogen-bond acceptors (Lipinski definition) is 6. The van der Waals surface area contributed by atoms with Crippen molar-refractivity contribution in [2.45, 2.75) is 17.8 Å². The second-order valence-electron chi connectivity index (χ2n) is 3.22. The molecule has 0 unspecified atom stereocenters. The van der Waals surface area contributed by atoms with E-state index in [-0.39, 0.29) is 5.91 Å². The molecule has 0 fully saturated rings. The molecular formula is C9H11N5O2S. The standard InChI is InChI=1S/C9H11N5O2S/c1-5-11-9(14-13-5)17-4-7-6(2-3-16-7)8(15)12-10/h2-3H,4,10H2,1H3,(H,12,15)(H,11,13,14). The van der Waals surface area contributed by atoms with Gasteiger partial charge in [0.05, 0.1) is 17.6 Å². The molecule has 17 heavy (non-hydrogen) atoms. The van der Waals surface area contributed by atoms with Crippen LogP contribution in [0.1, 0.15) is 21.9 Å². The molecule has 0 saturated carbocycles. The Balaban J connectivity index is 2.04. The van der Waals surface area contributed by atoms with Gasteiger partial charge in [-0.3, -0.25) is 15.3 Å². The summed E-state index contributed by atoms with van der Waals surface area (Å²) in [5, 5.41) is 7.31. The lowest BCUT2D eigenvalue weighted by molar-refractivity contribution is 0.0952. The van der Waals surface area contributed by atoms with Crippen LogP contribution in [0.5, 0.6) is 0 Å². The van der Waals surface area contributed by atoms with E-state index in [9.17, 15) is 4.79 Å². The van der Waals surface area contributed by atoms with Gasteiger partial charge in [0.1, 0.15) is 11.6 Å². The molecule has 0 aliphatic carbocycles. The van der Waals surface area contributed by atoms with Gasteiger partial charge in [-0.15, -0.1) is 5.10 Å². The minimum absolute atomic E-state index is 0.375. The number of nitrogens with zero attached hydrogens (tertiary/aromatic N) is 2. The predicted molar refractivity (Wildman–Crippen MR) is 61.0 cm³/mol. The minimum Gasteiger partial charge on any atom is -0.468 e. The highest BCUT2D eigenvalue weighted by molar-refractivity contribution is 7.98. The number of aryl methyl sites for hydroxylation is 1. The van der Waals surface area contributed by atoms with Crippen molar-refractivity contribution >= 4 is 17.7 Å². The van der Waals surface area contributed by atoms with Crippen LogP contribution in [0.2, 0.25) is 0 Å². The first-order chi connectivity index (χ1) is 8.20. The zero-order valence-electron chi connectivity index (χ0n) is 9.06. The molecule has 0 atom stereocenters. The number of nitrogens with two attached hydrogens (primary N) is 1. The maximum atomic E-state index is 11.4. The van der Waals surface area contributed by atoms with E-state index in [1.165, 1.54) is 18.0 Å². The SMILES string of the molecule is Cc1nc(SCc2occc2C(=O)NN)n[nH]1. The number of hydrazine groups is 1. The van der Waals surface area contributed by atoms with Crippen molar-refractivity contribution in [3.63, 3.8) is 0 Å². The van der Waals surface area contributed by atoms with E-state index < -0.39 is 0 Å². The van der Waals surface area contributed by atoms with Gasteiger partial charge in [0.25, 0.3) is 5.91 Å². The Kier molecular flexibility index (Phi) is 3.45. The fourth-order valence-electron chi connectivity index (χ4n) is 1.25. The molecular weight excluding hydrogens is 242 g/mol. The van der Waals surface area contributed by atoms with Crippen LogP contribution in [0.25, 0.3) is 0 Å². The zero-order valence-corrected chi connectivity index (χ0v) is 9.87. The number of aromatic nitrogens is 3. The van der Waals surface area contributed by atoms with Crippen molar-refractivity contribution in [3.8, 4) is 0 Å². The summed E-state index contributed by atoms with van der Waals surface area (Å²) in [6.07, 6.45) is 1.45. The van der Waals surface area contributed by atoms with Crippen molar-refractivity contribution in [1.29, 1.82) is 0 Å². The normalized spacial score (nSPS) is 10.5. The molecule has 0 saturated heterocycles. The van der Waals surface area contributed by atoms with Crippen LogP contribution in [0.3, 0.4) is 0 Å². The van der Waals surface area contributed by atoms with Crippen molar-refractivity contribution in [1.82, 2.24) is 20.6 Å². The Morgan fingerprint density at radius 3 is 3.18 bits per heavy atom. The van der Waals surface area contributed by atoms with Gasteiger partial charge in [0, 0.05) is 0 Å². The molecule has 0 aliphatic rings. The smallest absolute Gasteiger partial charge is 0.268 e. The minimum atomic E-state index is -0.375. The number of carbonyl (C=O) groups is 1. The number of H-pyrrole nitrogens is 1. The molecule has 8 heteroatoms. The number of aromatic amines is 1. The lowest BCUT2D eigenvalue weighted by atomic mass is 10.2. The highest BCUT2D eigenvalue weighted by Gasteiger charge is 2.14. The van der Waals surface area contributed by atoms with Crippen LogP contribution in [-0.2, 0) is 5.75 Å². The van der Waals surface area contributed by atoms with Crippen LogP contribution in [0.15, 0.2) is 21.9 Å². The molecule has 2 aromatic heterocycles. The van der Waals surface area contributed by atoms with Crippen molar-refractivity contribution < 1.29 is 9.21 Å². The zero-order chi connectivity index (χ0) is 12.3. The highest BCUT2D eigenvalue weighted by Crippen LogP contribution is 2.22. The fraction of sp³-hybridized carbons (Fsp3) is 0.222. The summed E-state index contributed by atoms with van der Waals surface area (Å²) in [6, 6.07) is 1.57. The van der Waals surface area contributed by atoms with Crippen LogP contribution >= 0.6 is 11.8 Å². The third-order valence-electron chi connectivity index (χ3n) is 2.03. The fourth-order valence-corrected chi connectivity index (χ4v) is 2.04. The van der Waals surface area contributed by atoms with Gasteiger partial charge in [-0.25, -0.2) is 10.8 Å².